The third-order valence-corrected chi connectivity index (χ3v) is 6.82. The molecule has 0 aliphatic heterocycles. The summed E-state index contributed by atoms with van der Waals surface area (Å²) in [5, 5.41) is 2.58. The van der Waals surface area contributed by atoms with Gasteiger partial charge in [-0.15, -0.1) is 0 Å². The van der Waals surface area contributed by atoms with Gasteiger partial charge in [0, 0.05) is 17.4 Å². The van der Waals surface area contributed by atoms with Crippen LogP contribution in [0.25, 0.3) is 10.8 Å². The Bertz CT molecular complexity index is 888. The molecule has 0 radical (unpaired) electrons. The number of hydrogen-bond donors (Lipinski definition) is 0. The van der Waals surface area contributed by atoms with Gasteiger partial charge in [-0.2, -0.15) is 0 Å². The van der Waals surface area contributed by atoms with Crippen molar-refractivity contribution in [2.45, 2.75) is 50.9 Å². The number of rotatable bonds is 1. The van der Waals surface area contributed by atoms with Crippen LogP contribution in [0.1, 0.15) is 66.9 Å². The molecule has 0 N–H and O–H groups in total. The Labute approximate surface area is 143 Å². The van der Waals surface area contributed by atoms with Crippen molar-refractivity contribution >= 4 is 16.6 Å². The van der Waals surface area contributed by atoms with Gasteiger partial charge in [-0.25, -0.2) is 0 Å². The molecule has 3 aliphatic rings. The Balaban J connectivity index is 1.80. The maximum atomic E-state index is 12.7. The lowest BCUT2D eigenvalue weighted by atomic mass is 9.62. The number of allylic oxidation sites excluding steroid dienone is 2. The molecule has 5 rings (SSSR count). The highest BCUT2D eigenvalue weighted by molar-refractivity contribution is 6.03. The standard InChI is InChI=1S/C23H24O/c1-14(2)18-5-3-4-16-11-20-21(12-19(16)18)23(9-8-22(20)24)13-15-6-7-17(23)10-15/h3-7,11-12,14-15,17H,8-10,13H2,1-2H3. The van der Waals surface area contributed by atoms with Gasteiger partial charge in [-0.3, -0.25) is 4.79 Å². The summed E-state index contributed by atoms with van der Waals surface area (Å²) >= 11 is 0. The Morgan fingerprint density at radius 1 is 1.17 bits per heavy atom. The fourth-order valence-corrected chi connectivity index (χ4v) is 5.65. The second kappa shape index (κ2) is 4.81. The number of Topliss-reactive ketones (excluding diaryl/α,β-unsaturated/α-hetero) is 1. The van der Waals surface area contributed by atoms with Crippen LogP contribution in [0.5, 0.6) is 0 Å². The van der Waals surface area contributed by atoms with Crippen molar-refractivity contribution in [3.8, 4) is 0 Å². The third kappa shape index (κ3) is 1.79. The topological polar surface area (TPSA) is 17.1 Å². The first kappa shape index (κ1) is 14.5. The molecule has 0 amide bonds. The van der Waals surface area contributed by atoms with Gasteiger partial charge >= 0.3 is 0 Å². The first-order valence-electron chi connectivity index (χ1n) is 9.37. The fraction of sp³-hybridized carbons (Fsp3) is 0.435. The summed E-state index contributed by atoms with van der Waals surface area (Å²) in [7, 11) is 0. The van der Waals surface area contributed by atoms with E-state index < -0.39 is 0 Å². The number of ketones is 1. The average molecular weight is 316 g/mol. The van der Waals surface area contributed by atoms with Crippen molar-refractivity contribution in [3.05, 3.63) is 59.2 Å². The zero-order valence-electron chi connectivity index (χ0n) is 14.5. The van der Waals surface area contributed by atoms with Crippen LogP contribution < -0.4 is 0 Å². The molecule has 1 spiro atoms. The van der Waals surface area contributed by atoms with Crippen molar-refractivity contribution in [3.63, 3.8) is 0 Å². The molecule has 1 saturated carbocycles. The molecule has 3 unspecified atom stereocenters. The molecule has 24 heavy (non-hydrogen) atoms. The predicted molar refractivity (Wildman–Crippen MR) is 98.6 cm³/mol. The molecule has 0 heterocycles. The van der Waals surface area contributed by atoms with E-state index in [0.29, 0.717) is 17.6 Å². The largest absolute Gasteiger partial charge is 0.294 e. The van der Waals surface area contributed by atoms with Crippen LogP contribution >= 0.6 is 0 Å². The molecule has 0 aromatic heterocycles. The van der Waals surface area contributed by atoms with E-state index in [1.807, 2.05) is 0 Å². The van der Waals surface area contributed by atoms with Gasteiger partial charge in [0.15, 0.2) is 5.78 Å². The Kier molecular flexibility index (Phi) is 2.90. The summed E-state index contributed by atoms with van der Waals surface area (Å²) in [6.45, 7) is 4.52. The lowest BCUT2D eigenvalue weighted by molar-refractivity contribution is 0.0944. The van der Waals surface area contributed by atoms with Gasteiger partial charge in [0.25, 0.3) is 0 Å². The Morgan fingerprint density at radius 2 is 2.04 bits per heavy atom. The van der Waals surface area contributed by atoms with Crippen LogP contribution in [0.2, 0.25) is 0 Å². The number of carbonyl (C=O) groups excluding carboxylic acids is 1. The molecule has 1 heteroatoms. The first-order chi connectivity index (χ1) is 11.6. The molecule has 2 aromatic rings. The summed E-state index contributed by atoms with van der Waals surface area (Å²) < 4.78 is 0. The summed E-state index contributed by atoms with van der Waals surface area (Å²) in [5.41, 5.74) is 4.00. The smallest absolute Gasteiger partial charge is 0.163 e. The molecule has 2 bridgehead atoms. The molecule has 2 aromatic carbocycles. The van der Waals surface area contributed by atoms with Crippen molar-refractivity contribution < 1.29 is 4.79 Å². The van der Waals surface area contributed by atoms with E-state index >= 15 is 0 Å². The zero-order chi connectivity index (χ0) is 16.5. The van der Waals surface area contributed by atoms with E-state index in [0.717, 1.165) is 24.3 Å². The Morgan fingerprint density at radius 3 is 2.75 bits per heavy atom. The van der Waals surface area contributed by atoms with E-state index in [1.54, 1.807) is 0 Å². The number of benzene rings is 2. The highest BCUT2D eigenvalue weighted by atomic mass is 16.1. The minimum absolute atomic E-state index is 0.223. The van der Waals surface area contributed by atoms with Crippen molar-refractivity contribution in [1.82, 2.24) is 0 Å². The van der Waals surface area contributed by atoms with Gasteiger partial charge in [-0.05, 0) is 71.0 Å². The predicted octanol–water partition coefficient (Wildman–Crippen LogP) is 5.77. The summed E-state index contributed by atoms with van der Waals surface area (Å²) in [6.07, 6.45) is 9.14. The molecule has 3 atom stereocenters. The van der Waals surface area contributed by atoms with Crippen LogP contribution in [0.15, 0.2) is 42.5 Å². The summed E-state index contributed by atoms with van der Waals surface area (Å²) in [5.74, 6) is 2.21. The SMILES string of the molecule is CC(C)c1cccc2cc3c(cc12)C1(CCC3=O)CC2C=CC1C2. The van der Waals surface area contributed by atoms with Gasteiger partial charge < -0.3 is 0 Å². The van der Waals surface area contributed by atoms with Gasteiger partial charge in [0.05, 0.1) is 0 Å². The molecule has 3 aliphatic carbocycles. The quantitative estimate of drug-likeness (QED) is 0.610. The molecule has 122 valence electrons. The number of fused-ring (bicyclic) bond motifs is 6. The lowest BCUT2D eigenvalue weighted by Crippen LogP contribution is -2.37. The molecule has 0 saturated heterocycles. The van der Waals surface area contributed by atoms with Crippen LogP contribution in [-0.2, 0) is 5.41 Å². The fourth-order valence-electron chi connectivity index (χ4n) is 5.65. The highest BCUT2D eigenvalue weighted by Crippen LogP contribution is 2.58. The van der Waals surface area contributed by atoms with E-state index in [2.05, 4.69) is 56.3 Å². The van der Waals surface area contributed by atoms with Crippen molar-refractivity contribution in [2.24, 2.45) is 11.8 Å². The number of carbonyl (C=O) groups is 1. The van der Waals surface area contributed by atoms with Gasteiger partial charge in [0.2, 0.25) is 0 Å². The Hall–Kier alpha value is -1.89. The van der Waals surface area contributed by atoms with E-state index in [4.69, 9.17) is 0 Å². The second-order valence-corrected chi connectivity index (χ2v) is 8.39. The second-order valence-electron chi connectivity index (χ2n) is 8.39. The van der Waals surface area contributed by atoms with Crippen LogP contribution in [-0.4, -0.2) is 5.78 Å². The minimum Gasteiger partial charge on any atom is -0.294 e. The normalized spacial score (nSPS) is 30.7. The zero-order valence-corrected chi connectivity index (χ0v) is 14.5. The van der Waals surface area contributed by atoms with E-state index in [1.165, 1.54) is 34.7 Å². The summed E-state index contributed by atoms with van der Waals surface area (Å²) in [4.78, 5) is 12.7. The highest BCUT2D eigenvalue weighted by Gasteiger charge is 2.52. The van der Waals surface area contributed by atoms with Crippen molar-refractivity contribution in [2.75, 3.05) is 0 Å². The number of hydrogen-bond acceptors (Lipinski definition) is 1. The molecule has 1 fully saturated rings. The van der Waals surface area contributed by atoms with Gasteiger partial charge in [0.1, 0.15) is 0 Å². The van der Waals surface area contributed by atoms with Crippen molar-refractivity contribution in [1.29, 1.82) is 0 Å². The van der Waals surface area contributed by atoms with Crippen LogP contribution in [0, 0.1) is 11.8 Å². The monoisotopic (exact) mass is 316 g/mol. The molecule has 1 nitrogen and oxygen atoms in total. The average Bonchev–Trinajstić information content (AvgIpc) is 3.18. The lowest BCUT2D eigenvalue weighted by Gasteiger charge is -2.41. The minimum atomic E-state index is 0.223. The maximum absolute atomic E-state index is 12.7. The molecular weight excluding hydrogens is 292 g/mol. The third-order valence-electron chi connectivity index (χ3n) is 6.82. The van der Waals surface area contributed by atoms with Gasteiger partial charge in [-0.1, -0.05) is 44.2 Å². The summed E-state index contributed by atoms with van der Waals surface area (Å²) in [6, 6.07) is 11.1. The maximum Gasteiger partial charge on any atom is 0.163 e. The first-order valence-corrected chi connectivity index (χ1v) is 9.37. The molecular formula is C23H24O. The van der Waals surface area contributed by atoms with E-state index in [-0.39, 0.29) is 5.41 Å². The van der Waals surface area contributed by atoms with Crippen LogP contribution in [0.3, 0.4) is 0 Å². The van der Waals surface area contributed by atoms with E-state index in [9.17, 15) is 4.79 Å². The van der Waals surface area contributed by atoms with Crippen LogP contribution in [0.4, 0.5) is 0 Å².